The highest BCUT2D eigenvalue weighted by atomic mass is 32.2. The summed E-state index contributed by atoms with van der Waals surface area (Å²) in [7, 11) is -2.25. The van der Waals surface area contributed by atoms with Gasteiger partial charge in [-0.05, 0) is 26.0 Å². The Labute approximate surface area is 105 Å². The fourth-order valence-corrected chi connectivity index (χ4v) is 3.08. The number of aromatic nitrogens is 2. The molecule has 2 aromatic heterocycles. The number of nitrogens with zero attached hydrogens (tertiary/aromatic N) is 3. The molecule has 0 saturated carbocycles. The number of hydrogen-bond donors (Lipinski definition) is 0. The molecule has 0 bridgehead atoms. The lowest BCUT2D eigenvalue weighted by Gasteiger charge is -2.17. The third-order valence-corrected chi connectivity index (χ3v) is 4.57. The molecule has 7 heteroatoms. The lowest BCUT2D eigenvalue weighted by molar-refractivity contribution is 0.390. The van der Waals surface area contributed by atoms with Crippen molar-refractivity contribution in [1.29, 1.82) is 0 Å². The van der Waals surface area contributed by atoms with Gasteiger partial charge >= 0.3 is 0 Å². The summed E-state index contributed by atoms with van der Waals surface area (Å²) in [5.41, 5.74) is 0.343. The van der Waals surface area contributed by atoms with Gasteiger partial charge in [0.2, 0.25) is 0 Å². The second-order valence-electron chi connectivity index (χ2n) is 3.81. The summed E-state index contributed by atoms with van der Waals surface area (Å²) in [5.74, 6) is 0.618. The number of pyridine rings is 1. The standard InChI is InChI=1S/C11H13N3O3S/c1-8-11(9(2)17-13-8)18(15,16)14(3)10-6-4-5-7-12-10/h4-7H,1-3H3. The third-order valence-electron chi connectivity index (χ3n) is 2.56. The van der Waals surface area contributed by atoms with Crippen LogP contribution in [0.25, 0.3) is 0 Å². The zero-order valence-electron chi connectivity index (χ0n) is 10.3. The van der Waals surface area contributed by atoms with Crippen LogP contribution >= 0.6 is 0 Å². The highest BCUT2D eigenvalue weighted by molar-refractivity contribution is 7.92. The first kappa shape index (κ1) is 12.6. The molecule has 96 valence electrons. The van der Waals surface area contributed by atoms with Gasteiger partial charge in [0, 0.05) is 13.2 Å². The van der Waals surface area contributed by atoms with Crippen LogP contribution in [0.4, 0.5) is 5.82 Å². The molecule has 0 aromatic carbocycles. The summed E-state index contributed by atoms with van der Waals surface area (Å²) in [5, 5.41) is 3.66. The van der Waals surface area contributed by atoms with Crippen molar-refractivity contribution < 1.29 is 12.9 Å². The van der Waals surface area contributed by atoms with Crippen molar-refractivity contribution in [1.82, 2.24) is 10.1 Å². The van der Waals surface area contributed by atoms with E-state index >= 15 is 0 Å². The van der Waals surface area contributed by atoms with Crippen molar-refractivity contribution in [2.45, 2.75) is 18.7 Å². The van der Waals surface area contributed by atoms with E-state index in [0.717, 1.165) is 4.31 Å². The van der Waals surface area contributed by atoms with E-state index in [4.69, 9.17) is 4.52 Å². The van der Waals surface area contributed by atoms with Crippen LogP contribution in [0.1, 0.15) is 11.5 Å². The van der Waals surface area contributed by atoms with Crippen molar-refractivity contribution >= 4 is 15.8 Å². The average molecular weight is 267 g/mol. The smallest absolute Gasteiger partial charge is 0.270 e. The zero-order valence-corrected chi connectivity index (χ0v) is 11.1. The van der Waals surface area contributed by atoms with Crippen LogP contribution in [0, 0.1) is 13.8 Å². The van der Waals surface area contributed by atoms with Gasteiger partial charge in [-0.2, -0.15) is 0 Å². The van der Waals surface area contributed by atoms with Crippen molar-refractivity contribution in [3.05, 3.63) is 35.9 Å². The average Bonchev–Trinajstić information content (AvgIpc) is 2.69. The molecule has 6 nitrogen and oxygen atoms in total. The Morgan fingerprint density at radius 3 is 2.50 bits per heavy atom. The minimum absolute atomic E-state index is 0.0932. The van der Waals surface area contributed by atoms with E-state index in [9.17, 15) is 8.42 Å². The second-order valence-corrected chi connectivity index (χ2v) is 5.72. The third kappa shape index (κ3) is 1.97. The fourth-order valence-electron chi connectivity index (χ4n) is 1.64. The van der Waals surface area contributed by atoms with E-state index in [1.54, 1.807) is 32.0 Å². The van der Waals surface area contributed by atoms with Gasteiger partial charge in [-0.3, -0.25) is 4.31 Å². The molecular formula is C11H13N3O3S. The molecule has 0 saturated heterocycles. The van der Waals surface area contributed by atoms with Gasteiger partial charge in [-0.25, -0.2) is 13.4 Å². The van der Waals surface area contributed by atoms with Crippen LogP contribution in [0.3, 0.4) is 0 Å². The normalized spacial score (nSPS) is 11.5. The Kier molecular flexibility index (Phi) is 3.08. The van der Waals surface area contributed by atoms with Crippen LogP contribution in [-0.4, -0.2) is 25.6 Å². The van der Waals surface area contributed by atoms with E-state index < -0.39 is 10.0 Å². The van der Waals surface area contributed by atoms with Gasteiger partial charge in [-0.15, -0.1) is 0 Å². The number of rotatable bonds is 3. The topological polar surface area (TPSA) is 76.3 Å². The SMILES string of the molecule is Cc1noc(C)c1S(=O)(=O)N(C)c1ccccn1. The van der Waals surface area contributed by atoms with Gasteiger partial charge in [0.05, 0.1) is 0 Å². The van der Waals surface area contributed by atoms with E-state index in [1.165, 1.54) is 13.2 Å². The van der Waals surface area contributed by atoms with Crippen molar-refractivity contribution in [3.8, 4) is 0 Å². The van der Waals surface area contributed by atoms with Crippen molar-refractivity contribution in [2.75, 3.05) is 11.4 Å². The van der Waals surface area contributed by atoms with Crippen molar-refractivity contribution in [3.63, 3.8) is 0 Å². The summed E-state index contributed by atoms with van der Waals surface area (Å²) < 4.78 is 30.8. The molecule has 0 atom stereocenters. The lowest BCUT2D eigenvalue weighted by atomic mass is 10.4. The summed E-state index contributed by atoms with van der Waals surface area (Å²) in [6.45, 7) is 3.16. The van der Waals surface area contributed by atoms with Crippen LogP contribution in [0.15, 0.2) is 33.8 Å². The maximum Gasteiger partial charge on any atom is 0.270 e. The van der Waals surface area contributed by atoms with E-state index in [1.807, 2.05) is 0 Å². The highest BCUT2D eigenvalue weighted by Gasteiger charge is 2.29. The monoisotopic (exact) mass is 267 g/mol. The molecule has 0 fully saturated rings. The Morgan fingerprint density at radius 1 is 1.28 bits per heavy atom. The van der Waals surface area contributed by atoms with Crippen molar-refractivity contribution in [2.24, 2.45) is 0 Å². The Hall–Kier alpha value is -1.89. The largest absolute Gasteiger partial charge is 0.360 e. The Bertz CT molecular complexity index is 630. The van der Waals surface area contributed by atoms with E-state index in [2.05, 4.69) is 10.1 Å². The number of anilines is 1. The molecule has 0 aliphatic rings. The van der Waals surface area contributed by atoms with Gasteiger partial charge in [-0.1, -0.05) is 11.2 Å². The highest BCUT2D eigenvalue weighted by Crippen LogP contribution is 2.25. The molecule has 0 unspecified atom stereocenters. The lowest BCUT2D eigenvalue weighted by Crippen LogP contribution is -2.28. The molecular weight excluding hydrogens is 254 g/mol. The van der Waals surface area contributed by atoms with Gasteiger partial charge in [0.25, 0.3) is 10.0 Å². The molecule has 0 N–H and O–H groups in total. The quantitative estimate of drug-likeness (QED) is 0.842. The maximum atomic E-state index is 12.4. The van der Waals surface area contributed by atoms with Gasteiger partial charge < -0.3 is 4.52 Å². The fraction of sp³-hybridized carbons (Fsp3) is 0.273. The van der Waals surface area contributed by atoms with Crippen LogP contribution in [-0.2, 0) is 10.0 Å². The van der Waals surface area contributed by atoms with Crippen LogP contribution < -0.4 is 4.31 Å². The Balaban J connectivity index is 2.51. The number of hydrogen-bond acceptors (Lipinski definition) is 5. The van der Waals surface area contributed by atoms with Gasteiger partial charge in [0.1, 0.15) is 11.5 Å². The molecule has 0 aliphatic carbocycles. The van der Waals surface area contributed by atoms with E-state index in [-0.39, 0.29) is 10.7 Å². The molecule has 18 heavy (non-hydrogen) atoms. The molecule has 0 radical (unpaired) electrons. The summed E-state index contributed by atoms with van der Waals surface area (Å²) in [4.78, 5) is 4.10. The predicted molar refractivity (Wildman–Crippen MR) is 65.8 cm³/mol. The first-order valence-electron chi connectivity index (χ1n) is 5.27. The summed E-state index contributed by atoms with van der Waals surface area (Å²) in [6, 6.07) is 5.07. The van der Waals surface area contributed by atoms with Crippen LogP contribution in [0.5, 0.6) is 0 Å². The molecule has 2 aromatic rings. The molecule has 2 heterocycles. The summed E-state index contributed by atoms with van der Waals surface area (Å²) in [6.07, 6.45) is 1.54. The first-order chi connectivity index (χ1) is 8.44. The minimum atomic E-state index is -3.70. The van der Waals surface area contributed by atoms with Crippen LogP contribution in [0.2, 0.25) is 0 Å². The van der Waals surface area contributed by atoms with E-state index in [0.29, 0.717) is 11.5 Å². The second kappa shape index (κ2) is 4.41. The minimum Gasteiger partial charge on any atom is -0.360 e. The molecule has 0 spiro atoms. The van der Waals surface area contributed by atoms with Gasteiger partial charge in [0.15, 0.2) is 10.7 Å². The molecule has 2 rings (SSSR count). The number of sulfonamides is 1. The summed E-state index contributed by atoms with van der Waals surface area (Å²) >= 11 is 0. The molecule has 0 aliphatic heterocycles. The number of aryl methyl sites for hydroxylation is 2. The first-order valence-corrected chi connectivity index (χ1v) is 6.71. The zero-order chi connectivity index (χ0) is 13.3. The molecule has 0 amide bonds. The maximum absolute atomic E-state index is 12.4. The Morgan fingerprint density at radius 2 is 2.00 bits per heavy atom. The predicted octanol–water partition coefficient (Wildman–Crippen LogP) is 1.51.